The number of hydrogen-bond donors (Lipinski definition) is 2. The smallest absolute Gasteiger partial charge is 0.251 e. The summed E-state index contributed by atoms with van der Waals surface area (Å²) < 4.78 is 1.92. The van der Waals surface area contributed by atoms with Crippen molar-refractivity contribution >= 4 is 46.0 Å². The molecule has 4 rings (SSSR count). The van der Waals surface area contributed by atoms with E-state index in [0.717, 1.165) is 23.7 Å². The molecule has 10 heteroatoms. The number of nitrogens with zero attached hydrogens (tertiary/aromatic N) is 2. The van der Waals surface area contributed by atoms with Crippen molar-refractivity contribution in [3.8, 4) is 0 Å². The van der Waals surface area contributed by atoms with Gasteiger partial charge in [-0.05, 0) is 62.3 Å². The molecule has 2 aromatic rings. The van der Waals surface area contributed by atoms with Crippen molar-refractivity contribution in [2.75, 3.05) is 6.54 Å². The monoisotopic (exact) mass is 620 g/mol. The fourth-order valence-corrected chi connectivity index (χ4v) is 6.51. The summed E-state index contributed by atoms with van der Waals surface area (Å²) in [5.74, 6) is -3.20. The van der Waals surface area contributed by atoms with Crippen LogP contribution in [0, 0.1) is 11.8 Å². The predicted octanol–water partition coefficient (Wildman–Crippen LogP) is 4.28. The van der Waals surface area contributed by atoms with E-state index in [0.29, 0.717) is 57.9 Å². The number of fused-ring (bicyclic) bond motifs is 2. The average Bonchev–Trinajstić information content (AvgIpc) is 3.42. The Labute approximate surface area is 265 Å². The molecule has 0 aliphatic carbocycles. The molecule has 2 aliphatic rings. The summed E-state index contributed by atoms with van der Waals surface area (Å²) in [6.07, 6.45) is 7.80. The Morgan fingerprint density at radius 2 is 1.76 bits per heavy atom. The summed E-state index contributed by atoms with van der Waals surface area (Å²) >= 11 is 0. The summed E-state index contributed by atoms with van der Waals surface area (Å²) in [4.78, 5) is 82.9. The minimum Gasteiger partial charge on any atom is -0.351 e. The quantitative estimate of drug-likeness (QED) is 0.219. The lowest BCUT2D eigenvalue weighted by Gasteiger charge is -2.39. The van der Waals surface area contributed by atoms with Gasteiger partial charge in [0.05, 0.1) is 6.04 Å². The van der Waals surface area contributed by atoms with Crippen LogP contribution in [0.25, 0.3) is 10.9 Å². The Morgan fingerprint density at radius 1 is 0.978 bits per heavy atom. The van der Waals surface area contributed by atoms with Gasteiger partial charge in [0.15, 0.2) is 17.6 Å². The second-order valence-electron chi connectivity index (χ2n) is 12.8. The highest BCUT2D eigenvalue weighted by molar-refractivity contribution is 6.16. The van der Waals surface area contributed by atoms with E-state index in [9.17, 15) is 28.8 Å². The average molecular weight is 621 g/mol. The highest BCUT2D eigenvalue weighted by atomic mass is 16.2. The molecular weight excluding hydrogens is 572 g/mol. The maximum absolute atomic E-state index is 14.0. The zero-order valence-corrected chi connectivity index (χ0v) is 27.1. The van der Waals surface area contributed by atoms with Crippen molar-refractivity contribution in [2.24, 2.45) is 18.9 Å². The zero-order valence-electron chi connectivity index (χ0n) is 27.1. The van der Waals surface area contributed by atoms with Gasteiger partial charge in [0.1, 0.15) is 11.8 Å². The number of piperidine rings is 1. The topological polar surface area (TPSA) is 135 Å². The van der Waals surface area contributed by atoms with E-state index in [2.05, 4.69) is 10.6 Å². The maximum atomic E-state index is 14.0. The highest BCUT2D eigenvalue weighted by Gasteiger charge is 2.42. The van der Waals surface area contributed by atoms with E-state index >= 15 is 0 Å². The summed E-state index contributed by atoms with van der Waals surface area (Å²) in [6.45, 7) is 6.01. The first-order valence-corrected chi connectivity index (χ1v) is 16.6. The molecular formula is C35H48N4O6. The first-order chi connectivity index (χ1) is 21.5. The fraction of sp³-hybridized carbons (Fsp3) is 0.600. The number of ketones is 3. The van der Waals surface area contributed by atoms with Gasteiger partial charge in [-0.15, -0.1) is 0 Å². The zero-order chi connectivity index (χ0) is 32.7. The van der Waals surface area contributed by atoms with Crippen LogP contribution in [0.2, 0.25) is 0 Å². The normalized spacial score (nSPS) is 23.9. The number of unbranched alkanes of at least 4 members (excludes halogenated alkanes) is 2. The van der Waals surface area contributed by atoms with Gasteiger partial charge in [-0.1, -0.05) is 40.0 Å². The van der Waals surface area contributed by atoms with Crippen LogP contribution in [0.15, 0.2) is 30.5 Å². The van der Waals surface area contributed by atoms with Crippen molar-refractivity contribution in [3.05, 3.63) is 36.0 Å². The van der Waals surface area contributed by atoms with Crippen molar-refractivity contribution in [3.63, 3.8) is 0 Å². The summed E-state index contributed by atoms with van der Waals surface area (Å²) in [5, 5.41) is 6.34. The molecule has 0 bridgehead atoms. The van der Waals surface area contributed by atoms with Gasteiger partial charge in [-0.3, -0.25) is 28.8 Å². The van der Waals surface area contributed by atoms with E-state index in [4.69, 9.17) is 0 Å². The lowest BCUT2D eigenvalue weighted by molar-refractivity contribution is -0.147. The van der Waals surface area contributed by atoms with Crippen molar-refractivity contribution in [1.29, 1.82) is 0 Å². The summed E-state index contributed by atoms with van der Waals surface area (Å²) in [5.41, 5.74) is 1.17. The summed E-state index contributed by atoms with van der Waals surface area (Å²) in [7, 11) is 1.90. The minimum absolute atomic E-state index is 0.0827. The molecule has 5 atom stereocenters. The number of aromatic nitrogens is 1. The van der Waals surface area contributed by atoms with Crippen LogP contribution in [0.3, 0.4) is 0 Å². The SMILES string of the molecule is CCC(=O)CCCCC[C@@H]1CC(=O)[C@H]2CCCCN2C(=O)[C@H]([C@H](C)CC)NC(=O)[C@@H](C(=O)c2ccc3c(ccn3C)c2)NC1=O. The first-order valence-electron chi connectivity index (χ1n) is 16.6. The van der Waals surface area contributed by atoms with Gasteiger partial charge in [0.25, 0.3) is 5.91 Å². The van der Waals surface area contributed by atoms with Crippen LogP contribution in [-0.4, -0.2) is 69.2 Å². The second-order valence-corrected chi connectivity index (χ2v) is 12.8. The number of carbonyl (C=O) groups is 6. The molecule has 2 saturated heterocycles. The van der Waals surface area contributed by atoms with Crippen LogP contribution in [-0.2, 0) is 31.0 Å². The predicted molar refractivity (Wildman–Crippen MR) is 171 cm³/mol. The van der Waals surface area contributed by atoms with E-state index in [-0.39, 0.29) is 35.4 Å². The number of Topliss-reactive ketones (excluding diaryl/α,β-unsaturated/α-hetero) is 3. The Hall–Kier alpha value is -3.82. The Morgan fingerprint density at radius 3 is 2.49 bits per heavy atom. The molecule has 2 fully saturated rings. The van der Waals surface area contributed by atoms with Gasteiger partial charge in [0, 0.05) is 61.4 Å². The number of amides is 3. The van der Waals surface area contributed by atoms with Crippen LogP contribution in [0.1, 0.15) is 102 Å². The number of nitrogens with one attached hydrogen (secondary N) is 2. The highest BCUT2D eigenvalue weighted by Crippen LogP contribution is 2.26. The Balaban J connectivity index is 1.67. The van der Waals surface area contributed by atoms with Gasteiger partial charge < -0.3 is 20.1 Å². The molecule has 45 heavy (non-hydrogen) atoms. The second kappa shape index (κ2) is 15.5. The molecule has 244 valence electrons. The molecule has 2 N–H and O–H groups in total. The van der Waals surface area contributed by atoms with Crippen molar-refractivity contribution < 1.29 is 28.8 Å². The molecule has 3 heterocycles. The fourth-order valence-electron chi connectivity index (χ4n) is 6.51. The Bertz CT molecular complexity index is 1430. The number of aryl methyl sites for hydroxylation is 1. The molecule has 0 spiro atoms. The van der Waals surface area contributed by atoms with Crippen LogP contribution in [0.5, 0.6) is 0 Å². The first kappa shape index (κ1) is 34.1. The van der Waals surface area contributed by atoms with Crippen LogP contribution >= 0.6 is 0 Å². The Kier molecular flexibility index (Phi) is 11.7. The van der Waals surface area contributed by atoms with Crippen LogP contribution < -0.4 is 10.6 Å². The molecule has 3 amide bonds. The van der Waals surface area contributed by atoms with Gasteiger partial charge in [-0.25, -0.2) is 0 Å². The third-order valence-corrected chi connectivity index (χ3v) is 9.64. The standard InChI is InChI=1S/C35H48N4O6/c1-5-22(3)30-35(45)39-18-11-10-14-28(39)29(41)21-25(12-8-7-9-13-26(40)6-2)33(43)37-31(34(44)36-30)32(42)24-15-16-27-23(20-24)17-19-38(27)4/h15-17,19-20,22,25,28,30-31H,5-14,18,21H2,1-4H3,(H,36,44)(H,37,43)/t22-,25-,28-,30+,31-/m1/s1. The van der Waals surface area contributed by atoms with Crippen LogP contribution in [0.4, 0.5) is 0 Å². The van der Waals surface area contributed by atoms with Gasteiger partial charge >= 0.3 is 0 Å². The van der Waals surface area contributed by atoms with Gasteiger partial charge in [-0.2, -0.15) is 0 Å². The third-order valence-electron chi connectivity index (χ3n) is 9.64. The molecule has 0 radical (unpaired) electrons. The minimum atomic E-state index is -1.57. The van der Waals surface area contributed by atoms with Gasteiger partial charge in [0.2, 0.25) is 11.8 Å². The maximum Gasteiger partial charge on any atom is 0.251 e. The van der Waals surface area contributed by atoms with Crippen molar-refractivity contribution in [2.45, 2.75) is 110 Å². The van der Waals surface area contributed by atoms with E-state index in [1.807, 2.05) is 44.6 Å². The summed E-state index contributed by atoms with van der Waals surface area (Å²) in [6, 6.07) is 3.82. The van der Waals surface area contributed by atoms with E-state index in [1.165, 1.54) is 0 Å². The largest absolute Gasteiger partial charge is 0.351 e. The molecule has 1 aromatic heterocycles. The number of carbonyl (C=O) groups excluding carboxylic acids is 6. The van der Waals surface area contributed by atoms with E-state index in [1.54, 1.807) is 23.1 Å². The number of rotatable bonds is 11. The third kappa shape index (κ3) is 8.07. The number of benzene rings is 1. The number of hydrogen-bond acceptors (Lipinski definition) is 6. The molecule has 0 unspecified atom stereocenters. The molecule has 1 aromatic carbocycles. The molecule has 0 saturated carbocycles. The lowest BCUT2D eigenvalue weighted by Crippen LogP contribution is -2.62. The van der Waals surface area contributed by atoms with Crippen molar-refractivity contribution in [1.82, 2.24) is 20.1 Å². The molecule has 2 aliphatic heterocycles. The molecule has 10 nitrogen and oxygen atoms in total. The van der Waals surface area contributed by atoms with E-state index < -0.39 is 41.6 Å². The lowest BCUT2D eigenvalue weighted by atomic mass is 9.87.